The van der Waals surface area contributed by atoms with Gasteiger partial charge in [-0.3, -0.25) is 9.10 Å². The van der Waals surface area contributed by atoms with Crippen LogP contribution in [0.5, 0.6) is 0 Å². The number of nitrogens with zero attached hydrogens (tertiary/aromatic N) is 5. The summed E-state index contributed by atoms with van der Waals surface area (Å²) in [6.45, 7) is 0. The number of rotatable bonds is 7. The van der Waals surface area contributed by atoms with E-state index in [-0.39, 0.29) is 17.2 Å². The SMILES string of the molecule is CN(c1ccccc1)S(=O)(=O)c1cccc(NC(=O)Cc2ccc(-n3cnnn3)cc2)c1. The van der Waals surface area contributed by atoms with Crippen molar-refractivity contribution >= 4 is 27.3 Å². The number of anilines is 2. The monoisotopic (exact) mass is 448 g/mol. The summed E-state index contributed by atoms with van der Waals surface area (Å²) < 4.78 is 28.7. The van der Waals surface area contributed by atoms with Gasteiger partial charge in [-0.15, -0.1) is 5.10 Å². The summed E-state index contributed by atoms with van der Waals surface area (Å²) in [5.41, 5.74) is 2.53. The molecular formula is C22H20N6O3S. The molecular weight excluding hydrogens is 428 g/mol. The maximum Gasteiger partial charge on any atom is 0.264 e. The van der Waals surface area contributed by atoms with Gasteiger partial charge in [-0.05, 0) is 58.5 Å². The Hall–Kier alpha value is -4.05. The fraction of sp³-hybridized carbons (Fsp3) is 0.0909. The van der Waals surface area contributed by atoms with Gasteiger partial charge in [-0.2, -0.15) is 0 Å². The van der Waals surface area contributed by atoms with Gasteiger partial charge in [0.1, 0.15) is 6.33 Å². The highest BCUT2D eigenvalue weighted by molar-refractivity contribution is 7.92. The van der Waals surface area contributed by atoms with Gasteiger partial charge in [0.25, 0.3) is 10.0 Å². The number of hydrogen-bond acceptors (Lipinski definition) is 6. The summed E-state index contributed by atoms with van der Waals surface area (Å²) in [4.78, 5) is 12.6. The van der Waals surface area contributed by atoms with Crippen LogP contribution in [0.2, 0.25) is 0 Å². The quantitative estimate of drug-likeness (QED) is 0.465. The molecule has 0 aliphatic rings. The van der Waals surface area contributed by atoms with Gasteiger partial charge < -0.3 is 5.32 Å². The highest BCUT2D eigenvalue weighted by Crippen LogP contribution is 2.23. The maximum atomic E-state index is 13.0. The molecule has 1 N–H and O–H groups in total. The zero-order valence-corrected chi connectivity index (χ0v) is 18.0. The summed E-state index contributed by atoms with van der Waals surface area (Å²) in [5.74, 6) is -0.258. The van der Waals surface area contributed by atoms with E-state index in [0.717, 1.165) is 11.3 Å². The lowest BCUT2D eigenvalue weighted by molar-refractivity contribution is -0.115. The highest BCUT2D eigenvalue weighted by Gasteiger charge is 2.21. The van der Waals surface area contributed by atoms with E-state index < -0.39 is 10.0 Å². The third-order valence-electron chi connectivity index (χ3n) is 4.81. The van der Waals surface area contributed by atoms with E-state index in [1.54, 1.807) is 36.4 Å². The van der Waals surface area contributed by atoms with Gasteiger partial charge in [0.05, 0.1) is 22.7 Å². The fourth-order valence-corrected chi connectivity index (χ4v) is 4.35. The molecule has 0 bridgehead atoms. The van der Waals surface area contributed by atoms with Crippen molar-refractivity contribution < 1.29 is 13.2 Å². The van der Waals surface area contributed by atoms with E-state index in [2.05, 4.69) is 20.8 Å². The van der Waals surface area contributed by atoms with Crippen LogP contribution in [0.3, 0.4) is 0 Å². The molecule has 0 atom stereocenters. The first-order chi connectivity index (χ1) is 15.4. The van der Waals surface area contributed by atoms with E-state index in [0.29, 0.717) is 11.4 Å². The Morgan fingerprint density at radius 2 is 1.75 bits per heavy atom. The minimum atomic E-state index is -3.77. The normalized spacial score (nSPS) is 11.2. The largest absolute Gasteiger partial charge is 0.326 e. The minimum absolute atomic E-state index is 0.0902. The number of tetrazole rings is 1. The maximum absolute atomic E-state index is 13.0. The van der Waals surface area contributed by atoms with Gasteiger partial charge in [0, 0.05) is 12.7 Å². The molecule has 9 nitrogen and oxygen atoms in total. The summed E-state index contributed by atoms with van der Waals surface area (Å²) in [7, 11) is -2.28. The van der Waals surface area contributed by atoms with Crippen LogP contribution in [0.25, 0.3) is 5.69 Å². The van der Waals surface area contributed by atoms with E-state index in [9.17, 15) is 13.2 Å². The minimum Gasteiger partial charge on any atom is -0.326 e. The summed E-state index contributed by atoms with van der Waals surface area (Å²) >= 11 is 0. The van der Waals surface area contributed by atoms with E-state index >= 15 is 0 Å². The van der Waals surface area contributed by atoms with Crippen molar-refractivity contribution in [3.05, 3.63) is 90.8 Å². The van der Waals surface area contributed by atoms with Crippen LogP contribution in [0, 0.1) is 0 Å². The number of hydrogen-bond donors (Lipinski definition) is 1. The zero-order valence-electron chi connectivity index (χ0n) is 17.2. The van der Waals surface area contributed by atoms with Crippen LogP contribution in [-0.4, -0.2) is 41.6 Å². The smallest absolute Gasteiger partial charge is 0.264 e. The van der Waals surface area contributed by atoms with E-state index in [4.69, 9.17) is 0 Å². The molecule has 4 aromatic rings. The molecule has 3 aromatic carbocycles. The predicted molar refractivity (Wildman–Crippen MR) is 120 cm³/mol. The molecule has 0 unspecified atom stereocenters. The highest BCUT2D eigenvalue weighted by atomic mass is 32.2. The number of sulfonamides is 1. The summed E-state index contributed by atoms with van der Waals surface area (Å²) in [6.07, 6.45) is 1.62. The molecule has 0 aliphatic heterocycles. The molecule has 4 rings (SSSR count). The van der Waals surface area contributed by atoms with Crippen molar-refractivity contribution in [1.82, 2.24) is 20.2 Å². The average Bonchev–Trinajstić information content (AvgIpc) is 3.35. The van der Waals surface area contributed by atoms with Gasteiger partial charge in [0.2, 0.25) is 5.91 Å². The predicted octanol–water partition coefficient (Wildman–Crippen LogP) is 2.67. The Kier molecular flexibility index (Phi) is 5.95. The first kappa shape index (κ1) is 21.2. The molecule has 32 heavy (non-hydrogen) atoms. The Balaban J connectivity index is 1.45. The second kappa shape index (κ2) is 8.98. The van der Waals surface area contributed by atoms with Gasteiger partial charge in [-0.1, -0.05) is 36.4 Å². The molecule has 0 radical (unpaired) electrons. The number of carbonyl (C=O) groups is 1. The Morgan fingerprint density at radius 1 is 1.00 bits per heavy atom. The molecule has 0 fully saturated rings. The first-order valence-corrected chi connectivity index (χ1v) is 11.1. The van der Waals surface area contributed by atoms with Crippen molar-refractivity contribution in [2.45, 2.75) is 11.3 Å². The number of benzene rings is 3. The van der Waals surface area contributed by atoms with E-state index in [1.165, 1.54) is 34.5 Å². The van der Waals surface area contributed by atoms with Crippen molar-refractivity contribution in [2.75, 3.05) is 16.7 Å². The van der Waals surface area contributed by atoms with Crippen LogP contribution >= 0.6 is 0 Å². The number of amides is 1. The van der Waals surface area contributed by atoms with Crippen LogP contribution in [0.4, 0.5) is 11.4 Å². The lowest BCUT2D eigenvalue weighted by Gasteiger charge is -2.19. The van der Waals surface area contributed by atoms with Crippen molar-refractivity contribution in [2.24, 2.45) is 0 Å². The molecule has 0 saturated carbocycles. The molecule has 10 heteroatoms. The van der Waals surface area contributed by atoms with Crippen LogP contribution in [-0.2, 0) is 21.2 Å². The Labute approximate surface area is 185 Å². The van der Waals surface area contributed by atoms with Gasteiger partial charge in [0.15, 0.2) is 0 Å². The number of carbonyl (C=O) groups excluding carboxylic acids is 1. The van der Waals surface area contributed by atoms with E-state index in [1.807, 2.05) is 30.3 Å². The third-order valence-corrected chi connectivity index (χ3v) is 6.59. The van der Waals surface area contributed by atoms with Crippen LogP contribution < -0.4 is 9.62 Å². The molecule has 1 aromatic heterocycles. The van der Waals surface area contributed by atoms with Gasteiger partial charge >= 0.3 is 0 Å². The van der Waals surface area contributed by atoms with Crippen molar-refractivity contribution in [3.8, 4) is 5.69 Å². The second-order valence-electron chi connectivity index (χ2n) is 6.98. The van der Waals surface area contributed by atoms with Crippen molar-refractivity contribution in [1.29, 1.82) is 0 Å². The second-order valence-corrected chi connectivity index (χ2v) is 8.95. The molecule has 0 spiro atoms. The molecule has 0 aliphatic carbocycles. The zero-order chi connectivity index (χ0) is 22.6. The standard InChI is InChI=1S/C22H20N6O3S/c1-27(19-7-3-2-4-8-19)32(30,31)21-9-5-6-18(15-21)24-22(29)14-17-10-12-20(13-11-17)28-16-23-25-26-28/h2-13,15-16H,14H2,1H3,(H,24,29). The lowest BCUT2D eigenvalue weighted by atomic mass is 10.1. The number of nitrogens with one attached hydrogen (secondary N) is 1. The molecule has 1 amide bonds. The molecule has 1 heterocycles. The average molecular weight is 449 g/mol. The van der Waals surface area contributed by atoms with Crippen molar-refractivity contribution in [3.63, 3.8) is 0 Å². The first-order valence-electron chi connectivity index (χ1n) is 9.70. The lowest BCUT2D eigenvalue weighted by Crippen LogP contribution is -2.26. The van der Waals surface area contributed by atoms with Crippen LogP contribution in [0.15, 0.2) is 90.1 Å². The number of aromatic nitrogens is 4. The fourth-order valence-electron chi connectivity index (χ4n) is 3.11. The Morgan fingerprint density at radius 3 is 2.44 bits per heavy atom. The third kappa shape index (κ3) is 4.65. The number of para-hydroxylation sites is 1. The van der Waals surface area contributed by atoms with Crippen LogP contribution in [0.1, 0.15) is 5.56 Å². The summed E-state index contributed by atoms with van der Waals surface area (Å²) in [6, 6.07) is 22.2. The molecule has 162 valence electrons. The Bertz CT molecular complexity index is 1310. The van der Waals surface area contributed by atoms with Gasteiger partial charge in [-0.25, -0.2) is 13.1 Å². The molecule has 0 saturated heterocycles. The topological polar surface area (TPSA) is 110 Å². The summed E-state index contributed by atoms with van der Waals surface area (Å²) in [5, 5.41) is 13.8.